The van der Waals surface area contributed by atoms with E-state index in [-0.39, 0.29) is 11.3 Å². The number of fused-ring (bicyclic) bond motifs is 1. The SMILES string of the molecule is OB(O)c1cc(F)ccc1CN1CCc2ccc(F)cc21. The molecule has 0 radical (unpaired) electrons. The molecule has 0 fully saturated rings. The number of halogens is 2. The van der Waals surface area contributed by atoms with Crippen molar-refractivity contribution in [1.29, 1.82) is 0 Å². The van der Waals surface area contributed by atoms with Crippen molar-refractivity contribution in [3.05, 3.63) is 59.2 Å². The first-order valence-corrected chi connectivity index (χ1v) is 6.72. The Hall–Kier alpha value is -1.92. The van der Waals surface area contributed by atoms with Crippen molar-refractivity contribution in [3.63, 3.8) is 0 Å². The first kappa shape index (κ1) is 14.0. The van der Waals surface area contributed by atoms with E-state index in [0.29, 0.717) is 12.1 Å². The lowest BCUT2D eigenvalue weighted by Gasteiger charge is -2.21. The molecule has 0 aliphatic carbocycles. The van der Waals surface area contributed by atoms with Gasteiger partial charge in [-0.15, -0.1) is 0 Å². The second-order valence-electron chi connectivity index (χ2n) is 5.16. The largest absolute Gasteiger partial charge is 0.488 e. The number of benzene rings is 2. The van der Waals surface area contributed by atoms with Crippen molar-refractivity contribution in [1.82, 2.24) is 0 Å². The van der Waals surface area contributed by atoms with Crippen LogP contribution in [-0.4, -0.2) is 23.7 Å². The third kappa shape index (κ3) is 2.77. The van der Waals surface area contributed by atoms with Crippen LogP contribution < -0.4 is 10.4 Å². The van der Waals surface area contributed by atoms with Crippen molar-refractivity contribution in [2.24, 2.45) is 0 Å². The zero-order valence-electron chi connectivity index (χ0n) is 11.3. The lowest BCUT2D eigenvalue weighted by atomic mass is 9.77. The number of hydrogen-bond donors (Lipinski definition) is 2. The summed E-state index contributed by atoms with van der Waals surface area (Å²) in [5.41, 5.74) is 2.62. The van der Waals surface area contributed by atoms with Crippen molar-refractivity contribution in [2.45, 2.75) is 13.0 Å². The summed E-state index contributed by atoms with van der Waals surface area (Å²) < 4.78 is 26.6. The molecule has 3 rings (SSSR count). The molecule has 0 spiro atoms. The van der Waals surface area contributed by atoms with Crippen LogP contribution in [0.5, 0.6) is 0 Å². The summed E-state index contributed by atoms with van der Waals surface area (Å²) in [6, 6.07) is 8.59. The molecule has 1 aliphatic rings. The van der Waals surface area contributed by atoms with Crippen LogP contribution in [0.2, 0.25) is 0 Å². The molecule has 3 nitrogen and oxygen atoms in total. The van der Waals surface area contributed by atoms with Crippen LogP contribution in [0.15, 0.2) is 36.4 Å². The molecule has 0 unspecified atom stereocenters. The Labute approximate surface area is 121 Å². The minimum Gasteiger partial charge on any atom is -0.423 e. The predicted molar refractivity (Wildman–Crippen MR) is 77.4 cm³/mol. The molecule has 0 saturated carbocycles. The monoisotopic (exact) mass is 289 g/mol. The first-order chi connectivity index (χ1) is 10.0. The molecule has 0 bridgehead atoms. The van der Waals surface area contributed by atoms with Crippen LogP contribution in [0.1, 0.15) is 11.1 Å². The highest BCUT2D eigenvalue weighted by molar-refractivity contribution is 6.59. The Morgan fingerprint density at radius 1 is 1.05 bits per heavy atom. The number of nitrogens with zero attached hydrogens (tertiary/aromatic N) is 1. The van der Waals surface area contributed by atoms with Crippen LogP contribution in [-0.2, 0) is 13.0 Å². The summed E-state index contributed by atoms with van der Waals surface area (Å²) in [5, 5.41) is 18.7. The summed E-state index contributed by atoms with van der Waals surface area (Å²) in [7, 11) is -1.73. The van der Waals surface area contributed by atoms with E-state index in [1.165, 1.54) is 24.3 Å². The van der Waals surface area contributed by atoms with Gasteiger partial charge < -0.3 is 14.9 Å². The highest BCUT2D eigenvalue weighted by Gasteiger charge is 2.23. The molecule has 2 aromatic rings. The van der Waals surface area contributed by atoms with E-state index in [1.807, 2.05) is 4.90 Å². The highest BCUT2D eigenvalue weighted by Crippen LogP contribution is 2.29. The van der Waals surface area contributed by atoms with Crippen molar-refractivity contribution in [2.75, 3.05) is 11.4 Å². The molecular weight excluding hydrogens is 275 g/mol. The van der Waals surface area contributed by atoms with Gasteiger partial charge in [0.2, 0.25) is 0 Å². The van der Waals surface area contributed by atoms with Gasteiger partial charge in [0.15, 0.2) is 0 Å². The van der Waals surface area contributed by atoms with E-state index in [2.05, 4.69) is 0 Å². The van der Waals surface area contributed by atoms with Crippen LogP contribution in [0.4, 0.5) is 14.5 Å². The minimum atomic E-state index is -1.73. The number of anilines is 1. The van der Waals surface area contributed by atoms with Crippen molar-refractivity contribution in [3.8, 4) is 0 Å². The van der Waals surface area contributed by atoms with E-state index in [1.54, 1.807) is 6.07 Å². The van der Waals surface area contributed by atoms with Gasteiger partial charge in [0.05, 0.1) is 0 Å². The average molecular weight is 289 g/mol. The highest BCUT2D eigenvalue weighted by atomic mass is 19.1. The quantitative estimate of drug-likeness (QED) is 0.835. The van der Waals surface area contributed by atoms with E-state index in [0.717, 1.165) is 30.3 Å². The summed E-state index contributed by atoms with van der Waals surface area (Å²) in [6.07, 6.45) is 0.813. The lowest BCUT2D eigenvalue weighted by Crippen LogP contribution is -2.36. The Morgan fingerprint density at radius 3 is 2.52 bits per heavy atom. The molecule has 0 amide bonds. The Balaban J connectivity index is 1.91. The fourth-order valence-corrected chi connectivity index (χ4v) is 2.74. The van der Waals surface area contributed by atoms with Gasteiger partial charge in [0.1, 0.15) is 11.6 Å². The third-order valence-corrected chi connectivity index (χ3v) is 3.79. The minimum absolute atomic E-state index is 0.139. The van der Waals surface area contributed by atoms with E-state index >= 15 is 0 Å². The van der Waals surface area contributed by atoms with Crippen LogP contribution in [0, 0.1) is 11.6 Å². The third-order valence-electron chi connectivity index (χ3n) is 3.79. The van der Waals surface area contributed by atoms with Crippen molar-refractivity contribution < 1.29 is 18.8 Å². The predicted octanol–water partition coefficient (Wildman–Crippen LogP) is 1.21. The molecule has 108 valence electrons. The molecular formula is C15H14BF2NO2. The summed E-state index contributed by atoms with van der Waals surface area (Å²) in [5.74, 6) is -0.822. The van der Waals surface area contributed by atoms with Crippen LogP contribution in [0.25, 0.3) is 0 Å². The molecule has 0 saturated heterocycles. The number of hydrogen-bond acceptors (Lipinski definition) is 3. The Bertz CT molecular complexity index is 679. The van der Waals surface area contributed by atoms with Gasteiger partial charge in [-0.05, 0) is 47.3 Å². The second-order valence-corrected chi connectivity index (χ2v) is 5.16. The summed E-state index contributed by atoms with van der Waals surface area (Å²) in [4.78, 5) is 1.96. The topological polar surface area (TPSA) is 43.7 Å². The standard InChI is InChI=1S/C15H14BF2NO2/c17-12-4-2-11(14(7-12)16(20)21)9-19-6-5-10-1-3-13(18)8-15(10)19/h1-4,7-8,20-21H,5-6,9H2. The fraction of sp³-hybridized carbons (Fsp3) is 0.200. The molecule has 2 aromatic carbocycles. The molecule has 21 heavy (non-hydrogen) atoms. The van der Waals surface area contributed by atoms with Gasteiger partial charge in [-0.1, -0.05) is 12.1 Å². The molecule has 1 heterocycles. The second kappa shape index (κ2) is 5.46. The zero-order valence-corrected chi connectivity index (χ0v) is 11.3. The van der Waals surface area contributed by atoms with Crippen LogP contribution >= 0.6 is 0 Å². The van der Waals surface area contributed by atoms with Gasteiger partial charge in [0.25, 0.3) is 0 Å². The summed E-state index contributed by atoms with van der Waals surface area (Å²) in [6.45, 7) is 1.10. The normalized spacial score (nSPS) is 13.4. The smallest absolute Gasteiger partial charge is 0.423 e. The maximum absolute atomic E-state index is 13.4. The van der Waals surface area contributed by atoms with Gasteiger partial charge in [0, 0.05) is 18.8 Å². The van der Waals surface area contributed by atoms with E-state index in [9.17, 15) is 18.8 Å². The lowest BCUT2D eigenvalue weighted by molar-refractivity contribution is 0.425. The van der Waals surface area contributed by atoms with Gasteiger partial charge in [-0.2, -0.15) is 0 Å². The number of rotatable bonds is 3. The maximum atomic E-state index is 13.4. The summed E-state index contributed by atoms with van der Waals surface area (Å²) >= 11 is 0. The Morgan fingerprint density at radius 2 is 1.76 bits per heavy atom. The van der Waals surface area contributed by atoms with E-state index in [4.69, 9.17) is 0 Å². The molecule has 6 heteroatoms. The van der Waals surface area contributed by atoms with Gasteiger partial charge >= 0.3 is 7.12 Å². The fourth-order valence-electron chi connectivity index (χ4n) is 2.74. The molecule has 0 atom stereocenters. The maximum Gasteiger partial charge on any atom is 0.488 e. The van der Waals surface area contributed by atoms with Crippen LogP contribution in [0.3, 0.4) is 0 Å². The molecule has 0 aromatic heterocycles. The molecule has 2 N–H and O–H groups in total. The zero-order chi connectivity index (χ0) is 15.0. The molecule has 1 aliphatic heterocycles. The van der Waals surface area contributed by atoms with E-state index < -0.39 is 12.9 Å². The average Bonchev–Trinajstić information content (AvgIpc) is 2.83. The van der Waals surface area contributed by atoms with Gasteiger partial charge in [-0.25, -0.2) is 8.78 Å². The van der Waals surface area contributed by atoms with Crippen molar-refractivity contribution >= 4 is 18.3 Å². The first-order valence-electron chi connectivity index (χ1n) is 6.72. The Kier molecular flexibility index (Phi) is 3.65. The van der Waals surface area contributed by atoms with Gasteiger partial charge in [-0.3, -0.25) is 0 Å².